The summed E-state index contributed by atoms with van der Waals surface area (Å²) in [6.45, 7) is 5.59. The summed E-state index contributed by atoms with van der Waals surface area (Å²) in [7, 11) is 2.16. The molecule has 1 unspecified atom stereocenters. The van der Waals surface area contributed by atoms with Gasteiger partial charge in [-0.2, -0.15) is 0 Å². The smallest absolute Gasteiger partial charge is 0.163 e. The van der Waals surface area contributed by atoms with Crippen LogP contribution in [0.5, 0.6) is 11.5 Å². The van der Waals surface area contributed by atoms with Crippen molar-refractivity contribution in [2.75, 3.05) is 38.3 Å². The number of ether oxygens (including phenoxy) is 2. The van der Waals surface area contributed by atoms with Crippen LogP contribution in [0.3, 0.4) is 0 Å². The van der Waals surface area contributed by atoms with E-state index in [0.29, 0.717) is 19.3 Å². The molecule has 0 spiro atoms. The van der Waals surface area contributed by atoms with Gasteiger partial charge in [-0.1, -0.05) is 0 Å². The molecule has 2 heterocycles. The molecule has 1 N–H and O–H groups in total. The van der Waals surface area contributed by atoms with Crippen LogP contribution < -0.4 is 19.7 Å². The third-order valence-electron chi connectivity index (χ3n) is 3.82. The van der Waals surface area contributed by atoms with Crippen molar-refractivity contribution >= 4 is 5.69 Å². The maximum absolute atomic E-state index is 5.66. The molecule has 0 saturated carbocycles. The lowest BCUT2D eigenvalue weighted by molar-refractivity contribution is 0.171. The lowest BCUT2D eigenvalue weighted by Crippen LogP contribution is -2.33. The van der Waals surface area contributed by atoms with Gasteiger partial charge in [-0.25, -0.2) is 0 Å². The van der Waals surface area contributed by atoms with E-state index >= 15 is 0 Å². The van der Waals surface area contributed by atoms with Gasteiger partial charge >= 0.3 is 0 Å². The Kier molecular flexibility index (Phi) is 3.04. The van der Waals surface area contributed by atoms with Gasteiger partial charge in [0.15, 0.2) is 11.5 Å². The fourth-order valence-electron chi connectivity index (χ4n) is 2.73. The number of fused-ring (bicyclic) bond motifs is 1. The molecule has 1 aromatic carbocycles. The van der Waals surface area contributed by atoms with E-state index in [4.69, 9.17) is 9.47 Å². The molecule has 1 saturated heterocycles. The van der Waals surface area contributed by atoms with Crippen LogP contribution in [0, 0.1) is 6.92 Å². The molecule has 4 nitrogen and oxygen atoms in total. The van der Waals surface area contributed by atoms with Crippen LogP contribution in [0.2, 0.25) is 0 Å². The van der Waals surface area contributed by atoms with Crippen LogP contribution in [0.25, 0.3) is 0 Å². The van der Waals surface area contributed by atoms with Crippen molar-refractivity contribution in [2.45, 2.75) is 19.4 Å². The van der Waals surface area contributed by atoms with E-state index < -0.39 is 0 Å². The highest BCUT2D eigenvalue weighted by Crippen LogP contribution is 2.37. The van der Waals surface area contributed by atoms with E-state index in [1.165, 1.54) is 17.7 Å². The summed E-state index contributed by atoms with van der Waals surface area (Å²) in [5.41, 5.74) is 2.49. The zero-order valence-electron chi connectivity index (χ0n) is 11.0. The molecular weight excluding hydrogens is 228 g/mol. The van der Waals surface area contributed by atoms with Crippen molar-refractivity contribution in [2.24, 2.45) is 0 Å². The Labute approximate surface area is 108 Å². The van der Waals surface area contributed by atoms with Gasteiger partial charge in [0.25, 0.3) is 0 Å². The van der Waals surface area contributed by atoms with Gasteiger partial charge in [-0.3, -0.25) is 0 Å². The molecule has 1 aromatic rings. The third kappa shape index (κ3) is 2.01. The van der Waals surface area contributed by atoms with Crippen LogP contribution in [-0.4, -0.2) is 39.4 Å². The van der Waals surface area contributed by atoms with Crippen LogP contribution in [0.1, 0.15) is 12.0 Å². The summed E-state index contributed by atoms with van der Waals surface area (Å²) in [6.07, 6.45) is 1.20. The van der Waals surface area contributed by atoms with E-state index in [-0.39, 0.29) is 0 Å². The molecule has 0 bridgehead atoms. The number of rotatable bonds is 2. The van der Waals surface area contributed by atoms with Crippen LogP contribution >= 0.6 is 0 Å². The summed E-state index contributed by atoms with van der Waals surface area (Å²) in [5.74, 6) is 1.75. The van der Waals surface area contributed by atoms with Gasteiger partial charge in [-0.15, -0.1) is 0 Å². The normalized spacial score (nSPS) is 22.0. The zero-order valence-corrected chi connectivity index (χ0v) is 11.0. The minimum absolute atomic E-state index is 0.575. The van der Waals surface area contributed by atoms with Gasteiger partial charge in [-0.05, 0) is 31.5 Å². The van der Waals surface area contributed by atoms with Gasteiger partial charge in [0.1, 0.15) is 13.2 Å². The fourth-order valence-corrected chi connectivity index (χ4v) is 2.73. The summed E-state index contributed by atoms with van der Waals surface area (Å²) < 4.78 is 11.3. The maximum atomic E-state index is 5.66. The molecule has 0 aromatic heterocycles. The van der Waals surface area contributed by atoms with Crippen molar-refractivity contribution in [1.29, 1.82) is 0 Å². The number of hydrogen-bond donors (Lipinski definition) is 1. The summed E-state index contributed by atoms with van der Waals surface area (Å²) in [6, 6.07) is 4.77. The van der Waals surface area contributed by atoms with Gasteiger partial charge in [0, 0.05) is 31.4 Å². The predicted molar refractivity (Wildman–Crippen MR) is 71.8 cm³/mol. The first kappa shape index (κ1) is 11.7. The average Bonchev–Trinajstić information content (AvgIpc) is 2.91. The number of aryl methyl sites for hydroxylation is 1. The number of nitrogens with zero attached hydrogens (tertiary/aromatic N) is 1. The molecule has 3 rings (SSSR count). The Morgan fingerprint density at radius 1 is 1.22 bits per heavy atom. The quantitative estimate of drug-likeness (QED) is 0.861. The van der Waals surface area contributed by atoms with E-state index in [1.807, 2.05) is 0 Å². The molecule has 98 valence electrons. The lowest BCUT2D eigenvalue weighted by atomic mass is 10.1. The van der Waals surface area contributed by atoms with Gasteiger partial charge < -0.3 is 19.7 Å². The second-order valence-corrected chi connectivity index (χ2v) is 5.04. The molecule has 1 fully saturated rings. The Morgan fingerprint density at radius 3 is 2.61 bits per heavy atom. The highest BCUT2D eigenvalue weighted by Gasteiger charge is 2.22. The molecule has 2 aliphatic rings. The van der Waals surface area contributed by atoms with E-state index in [9.17, 15) is 0 Å². The van der Waals surface area contributed by atoms with Crippen LogP contribution in [0.15, 0.2) is 12.1 Å². The summed E-state index contributed by atoms with van der Waals surface area (Å²) in [4.78, 5) is 2.35. The summed E-state index contributed by atoms with van der Waals surface area (Å²) >= 11 is 0. The lowest BCUT2D eigenvalue weighted by Gasteiger charge is -2.29. The number of anilines is 1. The van der Waals surface area contributed by atoms with Crippen molar-refractivity contribution in [3.8, 4) is 11.5 Å². The molecule has 4 heteroatoms. The van der Waals surface area contributed by atoms with E-state index in [0.717, 1.165) is 24.6 Å². The molecular formula is C14H20N2O2. The molecule has 1 atom stereocenters. The monoisotopic (exact) mass is 248 g/mol. The Hall–Kier alpha value is -1.42. The number of nitrogens with one attached hydrogen (secondary N) is 1. The molecule has 2 aliphatic heterocycles. The minimum Gasteiger partial charge on any atom is -0.486 e. The SMILES string of the molecule is Cc1cc2c(cc1N(C)C1CCNC1)OCCO2. The van der Waals surface area contributed by atoms with Crippen molar-refractivity contribution in [3.05, 3.63) is 17.7 Å². The fraction of sp³-hybridized carbons (Fsp3) is 0.571. The van der Waals surface area contributed by atoms with Crippen molar-refractivity contribution in [3.63, 3.8) is 0 Å². The topological polar surface area (TPSA) is 33.7 Å². The van der Waals surface area contributed by atoms with E-state index in [2.05, 4.69) is 36.3 Å². The first-order valence-electron chi connectivity index (χ1n) is 6.59. The first-order valence-corrected chi connectivity index (χ1v) is 6.59. The zero-order chi connectivity index (χ0) is 12.5. The number of likely N-dealkylation sites (N-methyl/N-ethyl adjacent to an activating group) is 1. The Balaban J connectivity index is 1.90. The van der Waals surface area contributed by atoms with Crippen LogP contribution in [0.4, 0.5) is 5.69 Å². The highest BCUT2D eigenvalue weighted by atomic mass is 16.6. The Morgan fingerprint density at radius 2 is 1.94 bits per heavy atom. The van der Waals surface area contributed by atoms with Gasteiger partial charge in [0.05, 0.1) is 0 Å². The third-order valence-corrected chi connectivity index (χ3v) is 3.82. The molecule has 18 heavy (non-hydrogen) atoms. The standard InChI is InChI=1S/C14H20N2O2/c1-10-7-13-14(18-6-5-17-13)8-12(10)16(2)11-3-4-15-9-11/h7-8,11,15H,3-6,9H2,1-2H3. The first-order chi connectivity index (χ1) is 8.75. The molecule has 0 amide bonds. The molecule has 0 radical (unpaired) electrons. The van der Waals surface area contributed by atoms with E-state index in [1.54, 1.807) is 0 Å². The van der Waals surface area contributed by atoms with Gasteiger partial charge in [0.2, 0.25) is 0 Å². The van der Waals surface area contributed by atoms with Crippen molar-refractivity contribution in [1.82, 2.24) is 5.32 Å². The average molecular weight is 248 g/mol. The Bertz CT molecular complexity index is 442. The van der Waals surface area contributed by atoms with Crippen LogP contribution in [-0.2, 0) is 0 Å². The van der Waals surface area contributed by atoms with Crippen molar-refractivity contribution < 1.29 is 9.47 Å². The largest absolute Gasteiger partial charge is 0.486 e. The predicted octanol–water partition coefficient (Wildman–Crippen LogP) is 1.56. The highest BCUT2D eigenvalue weighted by molar-refractivity contribution is 5.62. The molecule has 0 aliphatic carbocycles. The minimum atomic E-state index is 0.575. The second kappa shape index (κ2) is 4.69. The second-order valence-electron chi connectivity index (χ2n) is 5.04. The summed E-state index contributed by atoms with van der Waals surface area (Å²) in [5, 5.41) is 3.41. The number of hydrogen-bond acceptors (Lipinski definition) is 4. The number of benzene rings is 1. The maximum Gasteiger partial charge on any atom is 0.163 e.